The molecule has 1 rings (SSSR count). The van der Waals surface area contributed by atoms with Crippen molar-refractivity contribution in [1.82, 2.24) is 20.8 Å². The van der Waals surface area contributed by atoms with Crippen molar-refractivity contribution >= 4 is 35.6 Å². The lowest BCUT2D eigenvalue weighted by molar-refractivity contribution is -0.127. The van der Waals surface area contributed by atoms with Crippen LogP contribution in [0.2, 0.25) is 0 Å². The Morgan fingerprint density at radius 1 is 1.18 bits per heavy atom. The summed E-state index contributed by atoms with van der Waals surface area (Å²) < 4.78 is 0. The van der Waals surface area contributed by atoms with Gasteiger partial charge in [-0.1, -0.05) is 39.0 Å². The van der Waals surface area contributed by atoms with E-state index in [1.54, 1.807) is 0 Å². The molecule has 1 aromatic heterocycles. The Bertz CT molecular complexity index is 493. The molecule has 0 aliphatic carbocycles. The van der Waals surface area contributed by atoms with E-state index in [0.717, 1.165) is 10.0 Å². The monoisotopic (exact) mass is 349 g/mol. The highest BCUT2D eigenvalue weighted by atomic mass is 35.5. The van der Waals surface area contributed by atoms with Crippen LogP contribution in [0.15, 0.2) is 0 Å². The van der Waals surface area contributed by atoms with Gasteiger partial charge in [0.1, 0.15) is 10.0 Å². The summed E-state index contributed by atoms with van der Waals surface area (Å²) in [6.07, 6.45) is 0. The Morgan fingerprint density at radius 3 is 2.32 bits per heavy atom. The molecule has 22 heavy (non-hydrogen) atoms. The van der Waals surface area contributed by atoms with Crippen LogP contribution in [0.3, 0.4) is 0 Å². The van der Waals surface area contributed by atoms with Crippen LogP contribution in [0.1, 0.15) is 43.6 Å². The lowest BCUT2D eigenvalue weighted by Crippen LogP contribution is -2.47. The fourth-order valence-corrected chi connectivity index (χ4v) is 2.18. The van der Waals surface area contributed by atoms with Crippen molar-refractivity contribution in [2.24, 2.45) is 11.7 Å². The molecule has 0 unspecified atom stereocenters. The molecule has 0 aliphatic rings. The summed E-state index contributed by atoms with van der Waals surface area (Å²) >= 11 is 1.47. The molecule has 0 radical (unpaired) electrons. The van der Waals surface area contributed by atoms with E-state index in [1.165, 1.54) is 11.3 Å². The van der Waals surface area contributed by atoms with Gasteiger partial charge in [-0.3, -0.25) is 9.59 Å². The predicted molar refractivity (Wildman–Crippen MR) is 88.9 cm³/mol. The summed E-state index contributed by atoms with van der Waals surface area (Å²) in [5.41, 5.74) is 5.68. The zero-order chi connectivity index (χ0) is 16.0. The van der Waals surface area contributed by atoms with Crippen molar-refractivity contribution in [3.63, 3.8) is 0 Å². The van der Waals surface area contributed by atoms with Gasteiger partial charge >= 0.3 is 0 Å². The number of nitrogens with zero attached hydrogens (tertiary/aromatic N) is 2. The van der Waals surface area contributed by atoms with Crippen LogP contribution >= 0.6 is 23.7 Å². The largest absolute Gasteiger partial charge is 0.348 e. The molecule has 1 heterocycles. The van der Waals surface area contributed by atoms with Crippen LogP contribution in [0.25, 0.3) is 0 Å². The average molecular weight is 350 g/mol. The van der Waals surface area contributed by atoms with Crippen molar-refractivity contribution in [3.8, 4) is 0 Å². The number of nitrogens with one attached hydrogen (secondary N) is 2. The Hall–Kier alpha value is -1.25. The van der Waals surface area contributed by atoms with Gasteiger partial charge < -0.3 is 16.4 Å². The summed E-state index contributed by atoms with van der Waals surface area (Å²) in [7, 11) is 0. The molecule has 0 fully saturated rings. The normalized spacial score (nSPS) is 12.0. The van der Waals surface area contributed by atoms with Gasteiger partial charge in [-0.25, -0.2) is 0 Å². The first-order valence-electron chi connectivity index (χ1n) is 6.93. The number of rotatable bonds is 7. The highest BCUT2D eigenvalue weighted by Gasteiger charge is 2.17. The first-order chi connectivity index (χ1) is 9.81. The van der Waals surface area contributed by atoms with Crippen LogP contribution in [0, 0.1) is 5.92 Å². The van der Waals surface area contributed by atoms with Crippen molar-refractivity contribution in [3.05, 3.63) is 10.0 Å². The van der Waals surface area contributed by atoms with E-state index in [-0.39, 0.29) is 36.7 Å². The molecule has 9 heteroatoms. The molecule has 126 valence electrons. The minimum Gasteiger partial charge on any atom is -0.348 e. The fraction of sp³-hybridized carbons (Fsp3) is 0.692. The van der Waals surface area contributed by atoms with Gasteiger partial charge in [0.2, 0.25) is 11.8 Å². The second-order valence-corrected chi connectivity index (χ2v) is 6.55. The summed E-state index contributed by atoms with van der Waals surface area (Å²) in [6, 6.07) is -0.602. The third-order valence-electron chi connectivity index (χ3n) is 2.86. The van der Waals surface area contributed by atoms with Crippen LogP contribution in [0.4, 0.5) is 0 Å². The lowest BCUT2D eigenvalue weighted by Gasteiger charge is -2.14. The van der Waals surface area contributed by atoms with Crippen LogP contribution in [-0.4, -0.2) is 34.6 Å². The molecule has 1 aromatic rings. The van der Waals surface area contributed by atoms with E-state index in [2.05, 4.69) is 20.8 Å². The Kier molecular flexibility index (Phi) is 9.15. The molecule has 0 aliphatic heterocycles. The molecule has 1 atom stereocenters. The lowest BCUT2D eigenvalue weighted by atomic mass is 10.1. The number of carbonyl (C=O) groups excluding carboxylic acids is 2. The van der Waals surface area contributed by atoms with Crippen molar-refractivity contribution in [2.45, 2.75) is 46.2 Å². The Morgan fingerprint density at radius 2 is 1.82 bits per heavy atom. The average Bonchev–Trinajstić information content (AvgIpc) is 2.90. The van der Waals surface area contributed by atoms with E-state index < -0.39 is 6.04 Å². The number of carbonyl (C=O) groups is 2. The van der Waals surface area contributed by atoms with Gasteiger partial charge in [0.05, 0.1) is 19.1 Å². The van der Waals surface area contributed by atoms with Gasteiger partial charge in [-0.15, -0.1) is 22.6 Å². The molecule has 0 saturated carbocycles. The van der Waals surface area contributed by atoms with E-state index >= 15 is 0 Å². The molecule has 2 amide bonds. The third kappa shape index (κ3) is 6.67. The molecule has 0 aromatic carbocycles. The van der Waals surface area contributed by atoms with E-state index in [4.69, 9.17) is 5.73 Å². The summed E-state index contributed by atoms with van der Waals surface area (Å²) in [5, 5.41) is 14.9. The van der Waals surface area contributed by atoms with Gasteiger partial charge in [-0.05, 0) is 5.92 Å². The summed E-state index contributed by atoms with van der Waals surface area (Å²) in [5.74, 6) is -0.244. The standard InChI is InChI=1S/C13H23N5O2S.ClH/c1-7(2)11(14)12(20)16-5-9(19)15-6-10-17-18-13(21-10)8(3)4;/h7-8,11H,5-6,14H2,1-4H3,(H,15,19)(H,16,20);1H/t11-;/m0./s1. The zero-order valence-electron chi connectivity index (χ0n) is 13.3. The van der Waals surface area contributed by atoms with Gasteiger partial charge in [0.15, 0.2) is 0 Å². The minimum absolute atomic E-state index is 0. The second-order valence-electron chi connectivity index (χ2n) is 5.45. The summed E-state index contributed by atoms with van der Waals surface area (Å²) in [6.45, 7) is 8.01. The molecular weight excluding hydrogens is 326 g/mol. The van der Waals surface area contributed by atoms with E-state index in [9.17, 15) is 9.59 Å². The number of nitrogens with two attached hydrogens (primary N) is 1. The maximum Gasteiger partial charge on any atom is 0.239 e. The molecular formula is C13H24ClN5O2S. The topological polar surface area (TPSA) is 110 Å². The Labute approximate surface area is 140 Å². The number of hydrogen-bond donors (Lipinski definition) is 3. The maximum absolute atomic E-state index is 11.6. The molecule has 0 spiro atoms. The van der Waals surface area contributed by atoms with E-state index in [1.807, 2.05) is 27.7 Å². The maximum atomic E-state index is 11.6. The zero-order valence-corrected chi connectivity index (χ0v) is 14.9. The predicted octanol–water partition coefficient (Wildman–Crippen LogP) is 0.799. The minimum atomic E-state index is -0.602. The number of amides is 2. The van der Waals surface area contributed by atoms with Crippen molar-refractivity contribution in [1.29, 1.82) is 0 Å². The van der Waals surface area contributed by atoms with Gasteiger partial charge in [0.25, 0.3) is 0 Å². The number of aromatic nitrogens is 2. The first-order valence-corrected chi connectivity index (χ1v) is 7.75. The van der Waals surface area contributed by atoms with Gasteiger partial charge in [-0.2, -0.15) is 0 Å². The van der Waals surface area contributed by atoms with E-state index in [0.29, 0.717) is 12.5 Å². The highest BCUT2D eigenvalue weighted by Crippen LogP contribution is 2.18. The van der Waals surface area contributed by atoms with Crippen LogP contribution < -0.4 is 16.4 Å². The molecule has 0 saturated heterocycles. The number of hydrogen-bond acceptors (Lipinski definition) is 6. The smallest absolute Gasteiger partial charge is 0.239 e. The molecule has 0 bridgehead atoms. The fourth-order valence-electron chi connectivity index (χ4n) is 1.40. The van der Waals surface area contributed by atoms with Crippen molar-refractivity contribution in [2.75, 3.05) is 6.54 Å². The third-order valence-corrected chi connectivity index (χ3v) is 4.08. The Balaban J connectivity index is 0.00000441. The highest BCUT2D eigenvalue weighted by molar-refractivity contribution is 7.11. The van der Waals surface area contributed by atoms with Crippen molar-refractivity contribution < 1.29 is 9.59 Å². The second kappa shape index (κ2) is 9.70. The molecule has 4 N–H and O–H groups in total. The van der Waals surface area contributed by atoms with Gasteiger partial charge in [0, 0.05) is 5.92 Å². The number of halogens is 1. The quantitative estimate of drug-likeness (QED) is 0.674. The summed E-state index contributed by atoms with van der Waals surface area (Å²) in [4.78, 5) is 23.2. The SMILES string of the molecule is CC(C)c1nnc(CNC(=O)CNC(=O)[C@@H](N)C(C)C)s1.Cl. The van der Waals surface area contributed by atoms with Crippen LogP contribution in [0.5, 0.6) is 0 Å². The molecule has 7 nitrogen and oxygen atoms in total. The van der Waals surface area contributed by atoms with Crippen LogP contribution in [-0.2, 0) is 16.1 Å². The first kappa shape index (κ1) is 20.8.